The number of carbonyl (C=O) groups is 1. The Hall–Kier alpha value is -0.950. The van der Waals surface area contributed by atoms with Gasteiger partial charge in [-0.1, -0.05) is 53.5 Å². The van der Waals surface area contributed by atoms with Crippen molar-refractivity contribution in [2.24, 2.45) is 0 Å². The van der Waals surface area contributed by atoms with Crippen molar-refractivity contribution >= 4 is 58.2 Å². The summed E-state index contributed by atoms with van der Waals surface area (Å²) in [5.74, 6) is 0.819. The van der Waals surface area contributed by atoms with Crippen LogP contribution in [0.25, 0.3) is 0 Å². The molecule has 124 valence electrons. The maximum absolute atomic E-state index is 12.1. The van der Waals surface area contributed by atoms with E-state index in [4.69, 9.17) is 34.8 Å². The van der Waals surface area contributed by atoms with Gasteiger partial charge in [0.15, 0.2) is 5.16 Å². The second kappa shape index (κ2) is 8.24. The van der Waals surface area contributed by atoms with Crippen molar-refractivity contribution in [3.63, 3.8) is 0 Å². The monoisotopic (exact) mass is 392 g/mol. The molecule has 1 aromatic heterocycles. The smallest absolute Gasteiger partial charge is 0.234 e. The van der Waals surface area contributed by atoms with Crippen molar-refractivity contribution in [3.05, 3.63) is 33.0 Å². The van der Waals surface area contributed by atoms with Gasteiger partial charge in [-0.2, -0.15) is 0 Å². The number of carbonyl (C=O) groups excluding carboxylic acids is 1. The van der Waals surface area contributed by atoms with Gasteiger partial charge in [-0.3, -0.25) is 4.79 Å². The molecular formula is C14H15Cl3N4OS. The highest BCUT2D eigenvalue weighted by molar-refractivity contribution is 7.99. The molecule has 1 heterocycles. The van der Waals surface area contributed by atoms with Gasteiger partial charge < -0.3 is 9.88 Å². The molecule has 0 saturated heterocycles. The zero-order chi connectivity index (χ0) is 17.0. The Morgan fingerprint density at radius 2 is 1.91 bits per heavy atom. The first-order valence-corrected chi connectivity index (χ1v) is 9.01. The molecule has 5 nitrogen and oxygen atoms in total. The minimum atomic E-state index is -0.209. The molecule has 0 atom stereocenters. The van der Waals surface area contributed by atoms with Gasteiger partial charge >= 0.3 is 0 Å². The van der Waals surface area contributed by atoms with Crippen LogP contribution in [0.2, 0.25) is 15.1 Å². The molecule has 2 aromatic rings. The first kappa shape index (κ1) is 18.4. The number of benzene rings is 1. The molecule has 2 rings (SSSR count). The van der Waals surface area contributed by atoms with Gasteiger partial charge in [0.1, 0.15) is 5.82 Å². The van der Waals surface area contributed by atoms with E-state index in [2.05, 4.69) is 22.4 Å². The fraction of sp³-hybridized carbons (Fsp3) is 0.357. The van der Waals surface area contributed by atoms with Crippen molar-refractivity contribution in [1.29, 1.82) is 0 Å². The summed E-state index contributed by atoms with van der Waals surface area (Å²) in [4.78, 5) is 12.1. The molecule has 0 aliphatic rings. The largest absolute Gasteiger partial charge is 0.324 e. The lowest BCUT2D eigenvalue weighted by Gasteiger charge is -2.09. The summed E-state index contributed by atoms with van der Waals surface area (Å²) in [6, 6.07) is 3.02. The maximum Gasteiger partial charge on any atom is 0.234 e. The highest BCUT2D eigenvalue weighted by Crippen LogP contribution is 2.32. The number of amides is 1. The fourth-order valence-corrected chi connectivity index (χ4v) is 3.29. The van der Waals surface area contributed by atoms with Crippen molar-refractivity contribution in [3.8, 4) is 0 Å². The van der Waals surface area contributed by atoms with Crippen LogP contribution in [0, 0.1) is 6.92 Å². The third-order valence-corrected chi connectivity index (χ3v) is 4.97. The SMILES string of the molecule is CCCn1c(C)nnc1SCC(=O)Nc1cc(Cl)c(Cl)cc1Cl. The molecule has 0 fully saturated rings. The van der Waals surface area contributed by atoms with Gasteiger partial charge in [-0.05, 0) is 25.5 Å². The van der Waals surface area contributed by atoms with Crippen LogP contribution < -0.4 is 5.32 Å². The Morgan fingerprint density at radius 3 is 2.61 bits per heavy atom. The highest BCUT2D eigenvalue weighted by Gasteiger charge is 2.13. The first-order chi connectivity index (χ1) is 10.9. The van der Waals surface area contributed by atoms with Gasteiger partial charge in [0, 0.05) is 6.54 Å². The highest BCUT2D eigenvalue weighted by atomic mass is 35.5. The lowest BCUT2D eigenvalue weighted by Crippen LogP contribution is -2.15. The number of aromatic nitrogens is 3. The summed E-state index contributed by atoms with van der Waals surface area (Å²) < 4.78 is 1.99. The topological polar surface area (TPSA) is 59.8 Å². The minimum Gasteiger partial charge on any atom is -0.324 e. The van der Waals surface area contributed by atoms with Gasteiger partial charge in [-0.15, -0.1) is 10.2 Å². The van der Waals surface area contributed by atoms with Crippen LogP contribution in [-0.2, 0) is 11.3 Å². The summed E-state index contributed by atoms with van der Waals surface area (Å²) in [6.45, 7) is 4.79. The number of hydrogen-bond acceptors (Lipinski definition) is 4. The van der Waals surface area contributed by atoms with Crippen molar-refractivity contribution in [2.75, 3.05) is 11.1 Å². The Morgan fingerprint density at radius 1 is 1.22 bits per heavy atom. The lowest BCUT2D eigenvalue weighted by atomic mass is 10.3. The van der Waals surface area contributed by atoms with Crippen LogP contribution in [0.15, 0.2) is 17.3 Å². The number of thioether (sulfide) groups is 1. The molecular weight excluding hydrogens is 379 g/mol. The molecule has 1 aromatic carbocycles. The van der Waals surface area contributed by atoms with Crippen LogP contribution in [0.3, 0.4) is 0 Å². The number of nitrogens with one attached hydrogen (secondary N) is 1. The average molecular weight is 394 g/mol. The van der Waals surface area contributed by atoms with E-state index in [0.29, 0.717) is 20.8 Å². The zero-order valence-electron chi connectivity index (χ0n) is 12.6. The van der Waals surface area contributed by atoms with Crippen LogP contribution >= 0.6 is 46.6 Å². The van der Waals surface area contributed by atoms with E-state index in [1.165, 1.54) is 23.9 Å². The summed E-state index contributed by atoms with van der Waals surface area (Å²) in [5, 5.41) is 12.6. The van der Waals surface area contributed by atoms with Gasteiger partial charge in [0.25, 0.3) is 0 Å². The Bertz CT molecular complexity index is 720. The molecule has 9 heteroatoms. The molecule has 0 radical (unpaired) electrons. The van der Waals surface area contributed by atoms with E-state index in [1.807, 2.05) is 11.5 Å². The van der Waals surface area contributed by atoms with Crippen LogP contribution in [0.4, 0.5) is 5.69 Å². The van der Waals surface area contributed by atoms with Gasteiger partial charge in [0.2, 0.25) is 5.91 Å². The summed E-state index contributed by atoms with van der Waals surface area (Å²) >= 11 is 19.2. The van der Waals surface area contributed by atoms with Crippen LogP contribution in [0.5, 0.6) is 0 Å². The predicted molar refractivity (Wildman–Crippen MR) is 95.9 cm³/mol. The fourth-order valence-electron chi connectivity index (χ4n) is 1.88. The Labute approximate surface area is 153 Å². The molecule has 23 heavy (non-hydrogen) atoms. The molecule has 0 saturated carbocycles. The van der Waals surface area contributed by atoms with Crippen LogP contribution in [-0.4, -0.2) is 26.4 Å². The van der Waals surface area contributed by atoms with E-state index in [1.54, 1.807) is 0 Å². The number of anilines is 1. The number of aryl methyl sites for hydroxylation is 1. The summed E-state index contributed by atoms with van der Waals surface area (Å²) in [6.07, 6.45) is 0.970. The lowest BCUT2D eigenvalue weighted by molar-refractivity contribution is -0.113. The van der Waals surface area contributed by atoms with Crippen molar-refractivity contribution in [1.82, 2.24) is 14.8 Å². The number of rotatable bonds is 6. The normalized spacial score (nSPS) is 10.8. The quantitative estimate of drug-likeness (QED) is 0.571. The molecule has 1 amide bonds. The third kappa shape index (κ3) is 4.76. The zero-order valence-corrected chi connectivity index (χ0v) is 15.7. The molecule has 1 N–H and O–H groups in total. The van der Waals surface area contributed by atoms with E-state index < -0.39 is 0 Å². The van der Waals surface area contributed by atoms with E-state index in [9.17, 15) is 4.79 Å². The Balaban J connectivity index is 2.00. The molecule has 0 unspecified atom stereocenters. The second-order valence-corrected chi connectivity index (χ2v) is 6.93. The van der Waals surface area contributed by atoms with E-state index in [0.717, 1.165) is 23.9 Å². The summed E-state index contributed by atoms with van der Waals surface area (Å²) in [7, 11) is 0. The van der Waals surface area contributed by atoms with Crippen molar-refractivity contribution < 1.29 is 4.79 Å². The number of nitrogens with zero attached hydrogens (tertiary/aromatic N) is 3. The standard InChI is InChI=1S/C14H15Cl3N4OS/c1-3-4-21-8(2)19-20-14(21)23-7-13(22)18-12-6-10(16)9(15)5-11(12)17/h5-6H,3-4,7H2,1-2H3,(H,18,22). The van der Waals surface area contributed by atoms with Gasteiger partial charge in [0.05, 0.1) is 26.5 Å². The molecule has 0 aliphatic carbocycles. The second-order valence-electron chi connectivity index (χ2n) is 4.76. The van der Waals surface area contributed by atoms with Crippen LogP contribution in [0.1, 0.15) is 19.2 Å². The molecule has 0 aliphatic heterocycles. The van der Waals surface area contributed by atoms with Gasteiger partial charge in [-0.25, -0.2) is 0 Å². The molecule has 0 spiro atoms. The van der Waals surface area contributed by atoms with Crippen molar-refractivity contribution in [2.45, 2.75) is 32.0 Å². The maximum atomic E-state index is 12.1. The van der Waals surface area contributed by atoms with E-state index in [-0.39, 0.29) is 11.7 Å². The minimum absolute atomic E-state index is 0.193. The first-order valence-electron chi connectivity index (χ1n) is 6.89. The van der Waals surface area contributed by atoms with E-state index >= 15 is 0 Å². The average Bonchev–Trinajstić information content (AvgIpc) is 2.84. The number of halogens is 3. The predicted octanol–water partition coefficient (Wildman–Crippen LogP) is 4.69. The molecule has 0 bridgehead atoms. The third-order valence-electron chi connectivity index (χ3n) is 2.97. The number of hydrogen-bond donors (Lipinski definition) is 1. The Kier molecular flexibility index (Phi) is 6.59. The summed E-state index contributed by atoms with van der Waals surface area (Å²) in [5.41, 5.74) is 0.429.